The zero-order valence-electron chi connectivity index (χ0n) is 21.3. The van der Waals surface area contributed by atoms with Gasteiger partial charge in [0.2, 0.25) is 5.95 Å². The number of aromatic nitrogens is 3. The molecule has 200 valence electrons. The minimum absolute atomic E-state index is 0.114. The van der Waals surface area contributed by atoms with Gasteiger partial charge in [0, 0.05) is 61.6 Å². The predicted octanol–water partition coefficient (Wildman–Crippen LogP) is 4.50. The van der Waals surface area contributed by atoms with Crippen LogP contribution in [0.2, 0.25) is 5.02 Å². The van der Waals surface area contributed by atoms with Crippen LogP contribution >= 0.6 is 11.6 Å². The number of piperazine rings is 1. The molecule has 6 bridgehead atoms. The summed E-state index contributed by atoms with van der Waals surface area (Å²) in [7, 11) is 0. The fraction of sp³-hybridized carbons (Fsp3) is 0.296. The molecule has 5 N–H and O–H groups in total. The zero-order valence-corrected chi connectivity index (χ0v) is 22.0. The van der Waals surface area contributed by atoms with Gasteiger partial charge in [-0.3, -0.25) is 4.99 Å². The molecule has 11 nitrogen and oxygen atoms in total. The van der Waals surface area contributed by atoms with Crippen LogP contribution in [0.25, 0.3) is 0 Å². The van der Waals surface area contributed by atoms with Gasteiger partial charge in [-0.25, -0.2) is 14.8 Å². The molecule has 1 atom stereocenters. The summed E-state index contributed by atoms with van der Waals surface area (Å²) in [4.78, 5) is 34.9. The van der Waals surface area contributed by atoms with Crippen molar-refractivity contribution in [3.8, 4) is 0 Å². The van der Waals surface area contributed by atoms with E-state index in [0.717, 1.165) is 47.7 Å². The highest BCUT2D eigenvalue weighted by atomic mass is 35.5. The van der Waals surface area contributed by atoms with Gasteiger partial charge < -0.3 is 31.5 Å². The van der Waals surface area contributed by atoms with Crippen molar-refractivity contribution in [1.29, 1.82) is 0 Å². The maximum atomic E-state index is 13.3. The van der Waals surface area contributed by atoms with Gasteiger partial charge in [-0.1, -0.05) is 11.6 Å². The van der Waals surface area contributed by atoms with Crippen molar-refractivity contribution in [3.63, 3.8) is 0 Å². The lowest BCUT2D eigenvalue weighted by Gasteiger charge is -2.35. The summed E-state index contributed by atoms with van der Waals surface area (Å²) in [6, 6.07) is 9.53. The number of urea groups is 1. The number of nitrogens with one attached hydrogen (secondary N) is 3. The smallest absolute Gasteiger partial charge is 0.321 e. The molecule has 39 heavy (non-hydrogen) atoms. The second-order valence-corrected chi connectivity index (χ2v) is 10.2. The Kier molecular flexibility index (Phi) is 6.89. The highest BCUT2D eigenvalue weighted by Gasteiger charge is 2.23. The van der Waals surface area contributed by atoms with E-state index in [-0.39, 0.29) is 11.9 Å². The summed E-state index contributed by atoms with van der Waals surface area (Å²) in [5, 5.41) is 10.1. The molecule has 6 rings (SSSR count). The normalized spacial score (nSPS) is 18.5. The van der Waals surface area contributed by atoms with Crippen molar-refractivity contribution in [2.24, 2.45) is 10.9 Å². The molecule has 1 fully saturated rings. The van der Waals surface area contributed by atoms with Crippen molar-refractivity contribution < 1.29 is 4.79 Å². The summed E-state index contributed by atoms with van der Waals surface area (Å²) in [6.45, 7) is 2.60. The molecule has 2 aromatic heterocycles. The third-order valence-corrected chi connectivity index (χ3v) is 7.36. The van der Waals surface area contributed by atoms with Gasteiger partial charge in [-0.15, -0.1) is 0 Å². The van der Waals surface area contributed by atoms with Gasteiger partial charge in [0.15, 0.2) is 5.82 Å². The number of halogens is 1. The number of hydrogen-bond donors (Lipinski definition) is 4. The van der Waals surface area contributed by atoms with E-state index in [4.69, 9.17) is 17.3 Å². The Morgan fingerprint density at radius 3 is 2.77 bits per heavy atom. The Labute approximate surface area is 231 Å². The maximum Gasteiger partial charge on any atom is 0.321 e. The molecule has 3 aliphatic rings. The minimum atomic E-state index is -0.114. The van der Waals surface area contributed by atoms with E-state index < -0.39 is 0 Å². The van der Waals surface area contributed by atoms with Crippen molar-refractivity contribution in [2.75, 3.05) is 52.8 Å². The van der Waals surface area contributed by atoms with E-state index >= 15 is 0 Å². The molecule has 1 unspecified atom stereocenters. The number of hydrogen-bond acceptors (Lipinski definition) is 9. The highest BCUT2D eigenvalue weighted by Crippen LogP contribution is 2.31. The number of fused-ring (bicyclic) bond motifs is 6. The van der Waals surface area contributed by atoms with Crippen LogP contribution in [0.5, 0.6) is 0 Å². The second-order valence-electron chi connectivity index (χ2n) is 9.82. The fourth-order valence-electron chi connectivity index (χ4n) is 4.96. The van der Waals surface area contributed by atoms with Gasteiger partial charge in [0.1, 0.15) is 10.8 Å². The van der Waals surface area contributed by atoms with E-state index in [1.54, 1.807) is 18.6 Å². The SMILES string of the molecule is Nc1ccc(N2CCN(C(=O)Nc3ccc4cc3CCC3C=NC=C(C3)Nc3ncc(Cl)c(n3)N4)CC2)nc1. The number of nitrogen functional groups attached to an aromatic ring is 1. The second kappa shape index (κ2) is 10.8. The number of amides is 2. The number of allylic oxidation sites excluding steroid dienone is 1. The average Bonchev–Trinajstić information content (AvgIpc) is 2.95. The number of carbonyl (C=O) groups excluding carboxylic acids is 1. The molecule has 5 heterocycles. The minimum Gasteiger partial charge on any atom is -0.397 e. The molecule has 0 spiro atoms. The number of carbonyl (C=O) groups is 1. The van der Waals surface area contributed by atoms with E-state index in [0.29, 0.717) is 48.7 Å². The van der Waals surface area contributed by atoms with E-state index in [1.165, 1.54) is 0 Å². The lowest BCUT2D eigenvalue weighted by molar-refractivity contribution is 0.208. The number of anilines is 6. The zero-order chi connectivity index (χ0) is 26.8. The van der Waals surface area contributed by atoms with Crippen LogP contribution < -0.4 is 26.6 Å². The number of nitrogens with two attached hydrogens (primary N) is 1. The highest BCUT2D eigenvalue weighted by molar-refractivity contribution is 6.32. The maximum absolute atomic E-state index is 13.3. The first-order valence-corrected chi connectivity index (χ1v) is 13.3. The quantitative estimate of drug-likeness (QED) is 0.370. The molecule has 0 saturated carbocycles. The Morgan fingerprint density at radius 1 is 1.08 bits per heavy atom. The third kappa shape index (κ3) is 5.73. The summed E-state index contributed by atoms with van der Waals surface area (Å²) in [6.07, 6.45) is 9.45. The van der Waals surface area contributed by atoms with E-state index in [2.05, 4.69) is 40.8 Å². The summed E-state index contributed by atoms with van der Waals surface area (Å²) < 4.78 is 0. The first kappa shape index (κ1) is 24.9. The molecule has 12 heteroatoms. The summed E-state index contributed by atoms with van der Waals surface area (Å²) >= 11 is 6.38. The lowest BCUT2D eigenvalue weighted by atomic mass is 9.94. The molecule has 2 amide bonds. The van der Waals surface area contributed by atoms with Crippen molar-refractivity contribution in [3.05, 3.63) is 65.2 Å². The van der Waals surface area contributed by atoms with Gasteiger partial charge in [-0.2, -0.15) is 4.98 Å². The monoisotopic (exact) mass is 544 g/mol. The first-order chi connectivity index (χ1) is 19.0. The van der Waals surface area contributed by atoms with Crippen LogP contribution in [0.1, 0.15) is 18.4 Å². The van der Waals surface area contributed by atoms with Crippen LogP contribution in [0.3, 0.4) is 0 Å². The Hall–Kier alpha value is -4.38. The standard InChI is InChI=1S/C27H29ClN10O/c28-22-16-32-26-34-21-11-17(13-30-15-21)1-2-18-12-20(33-25(22)36-26)4-5-23(18)35-27(39)38-9-7-37(8-10-38)24-6-3-19(29)14-31-24/h3-6,12-17H,1-2,7-11,29H2,(H,35,39)(H2,32,33,34,36). The molecule has 0 aliphatic carbocycles. The van der Waals surface area contributed by atoms with E-state index in [1.807, 2.05) is 41.4 Å². The largest absolute Gasteiger partial charge is 0.397 e. The average molecular weight is 545 g/mol. The van der Waals surface area contributed by atoms with E-state index in [9.17, 15) is 4.79 Å². The number of aryl methyl sites for hydroxylation is 1. The number of pyridine rings is 1. The third-order valence-electron chi connectivity index (χ3n) is 7.08. The fourth-order valence-corrected chi connectivity index (χ4v) is 5.09. The Bertz CT molecular complexity index is 1430. The topological polar surface area (TPSA) is 137 Å². The van der Waals surface area contributed by atoms with Crippen LogP contribution in [0.4, 0.5) is 39.4 Å². The van der Waals surface area contributed by atoms with Gasteiger partial charge in [-0.05, 0) is 55.2 Å². The first-order valence-electron chi connectivity index (χ1n) is 12.9. The Balaban J connectivity index is 1.19. The molecule has 3 aliphatic heterocycles. The van der Waals surface area contributed by atoms with Gasteiger partial charge in [0.25, 0.3) is 0 Å². The number of benzene rings is 1. The van der Waals surface area contributed by atoms with Crippen molar-refractivity contribution in [1.82, 2.24) is 19.9 Å². The number of nitrogens with zero attached hydrogens (tertiary/aromatic N) is 6. The Morgan fingerprint density at radius 2 is 1.95 bits per heavy atom. The predicted molar refractivity (Wildman–Crippen MR) is 155 cm³/mol. The van der Waals surface area contributed by atoms with Crippen LogP contribution in [-0.4, -0.2) is 58.3 Å². The van der Waals surface area contributed by atoms with Gasteiger partial charge in [0.05, 0.1) is 18.1 Å². The summed E-state index contributed by atoms with van der Waals surface area (Å²) in [5.41, 5.74) is 9.99. The molecular weight excluding hydrogens is 516 g/mol. The lowest BCUT2D eigenvalue weighted by Crippen LogP contribution is -2.50. The molecule has 0 radical (unpaired) electrons. The number of aliphatic imine (C=N–C) groups is 1. The molecular formula is C27H29ClN10O. The molecule has 3 aromatic rings. The van der Waals surface area contributed by atoms with Crippen LogP contribution in [0, 0.1) is 5.92 Å². The van der Waals surface area contributed by atoms with Crippen LogP contribution in [-0.2, 0) is 6.42 Å². The van der Waals surface area contributed by atoms with Gasteiger partial charge >= 0.3 is 6.03 Å². The van der Waals surface area contributed by atoms with Crippen LogP contribution in [0.15, 0.2) is 59.6 Å². The molecule has 1 aromatic carbocycles. The van der Waals surface area contributed by atoms with Crippen molar-refractivity contribution in [2.45, 2.75) is 19.3 Å². The number of rotatable bonds is 2. The molecule has 1 saturated heterocycles. The van der Waals surface area contributed by atoms with Crippen molar-refractivity contribution >= 4 is 58.5 Å². The summed E-state index contributed by atoms with van der Waals surface area (Å²) in [5.74, 6) is 2.08.